The number of ether oxygens (including phenoxy) is 3. The van der Waals surface area contributed by atoms with Crippen LogP contribution in [0.1, 0.15) is 29.6 Å². The Bertz CT molecular complexity index is 475. The van der Waals surface area contributed by atoms with Crippen molar-refractivity contribution in [3.05, 3.63) is 23.8 Å². The van der Waals surface area contributed by atoms with Gasteiger partial charge in [0, 0.05) is 18.9 Å². The number of hydrogen-bond donors (Lipinski definition) is 0. The van der Waals surface area contributed by atoms with Crippen LogP contribution in [0.25, 0.3) is 0 Å². The second-order valence-electron chi connectivity index (χ2n) is 4.86. The minimum atomic E-state index is -0.366. The Kier molecular flexibility index (Phi) is 2.74. The first kappa shape index (κ1) is 11.5. The molecule has 0 bridgehead atoms. The number of hydrogen-bond acceptors (Lipinski definition) is 4. The quantitative estimate of drug-likeness (QED) is 0.764. The molecule has 0 unspecified atom stereocenters. The van der Waals surface area contributed by atoms with E-state index in [9.17, 15) is 4.79 Å². The molecule has 96 valence electrons. The lowest BCUT2D eigenvalue weighted by atomic mass is 9.84. The number of carbonyl (C=O) groups is 1. The SMILES string of the molecule is COc1ccc2c(c1)OC1(CCOCC1)CC2=O. The molecule has 0 aliphatic carbocycles. The molecule has 0 N–H and O–H groups in total. The van der Waals surface area contributed by atoms with Gasteiger partial charge in [0.15, 0.2) is 5.78 Å². The summed E-state index contributed by atoms with van der Waals surface area (Å²) in [6.07, 6.45) is 2.00. The Morgan fingerprint density at radius 3 is 2.78 bits per heavy atom. The maximum atomic E-state index is 12.2. The molecular weight excluding hydrogens is 232 g/mol. The van der Waals surface area contributed by atoms with E-state index in [4.69, 9.17) is 14.2 Å². The number of carbonyl (C=O) groups excluding carboxylic acids is 1. The largest absolute Gasteiger partial charge is 0.497 e. The molecule has 0 radical (unpaired) electrons. The van der Waals surface area contributed by atoms with Crippen molar-refractivity contribution in [3.8, 4) is 11.5 Å². The van der Waals surface area contributed by atoms with Crippen LogP contribution in [-0.2, 0) is 4.74 Å². The van der Waals surface area contributed by atoms with Gasteiger partial charge < -0.3 is 14.2 Å². The number of methoxy groups -OCH3 is 1. The van der Waals surface area contributed by atoms with Gasteiger partial charge in [-0.1, -0.05) is 0 Å². The molecule has 0 saturated carbocycles. The van der Waals surface area contributed by atoms with Crippen molar-refractivity contribution in [1.29, 1.82) is 0 Å². The van der Waals surface area contributed by atoms with Gasteiger partial charge >= 0.3 is 0 Å². The van der Waals surface area contributed by atoms with Crippen LogP contribution in [0, 0.1) is 0 Å². The summed E-state index contributed by atoms with van der Waals surface area (Å²) in [5.41, 5.74) is 0.294. The highest BCUT2D eigenvalue weighted by Crippen LogP contribution is 2.40. The Balaban J connectivity index is 1.96. The average molecular weight is 248 g/mol. The fourth-order valence-corrected chi connectivity index (χ4v) is 2.62. The molecule has 0 amide bonds. The van der Waals surface area contributed by atoms with E-state index in [1.54, 1.807) is 25.3 Å². The second-order valence-corrected chi connectivity index (χ2v) is 4.86. The maximum Gasteiger partial charge on any atom is 0.170 e. The van der Waals surface area contributed by atoms with Gasteiger partial charge in [-0.05, 0) is 12.1 Å². The van der Waals surface area contributed by atoms with Gasteiger partial charge in [-0.25, -0.2) is 0 Å². The van der Waals surface area contributed by atoms with E-state index < -0.39 is 0 Å². The fourth-order valence-electron chi connectivity index (χ4n) is 2.62. The van der Waals surface area contributed by atoms with Crippen LogP contribution in [0.3, 0.4) is 0 Å². The van der Waals surface area contributed by atoms with Crippen molar-refractivity contribution in [1.82, 2.24) is 0 Å². The summed E-state index contributed by atoms with van der Waals surface area (Å²) in [7, 11) is 1.61. The summed E-state index contributed by atoms with van der Waals surface area (Å²) >= 11 is 0. The second kappa shape index (κ2) is 4.28. The zero-order valence-corrected chi connectivity index (χ0v) is 10.4. The van der Waals surface area contributed by atoms with Gasteiger partial charge in [-0.3, -0.25) is 4.79 Å². The molecule has 4 nitrogen and oxygen atoms in total. The van der Waals surface area contributed by atoms with E-state index in [0.717, 1.165) is 12.8 Å². The monoisotopic (exact) mass is 248 g/mol. The van der Waals surface area contributed by atoms with Crippen molar-refractivity contribution in [2.24, 2.45) is 0 Å². The molecule has 2 aliphatic heterocycles. The van der Waals surface area contributed by atoms with Crippen molar-refractivity contribution >= 4 is 5.78 Å². The van der Waals surface area contributed by atoms with E-state index in [0.29, 0.717) is 36.7 Å². The van der Waals surface area contributed by atoms with Crippen molar-refractivity contribution in [2.75, 3.05) is 20.3 Å². The third-order valence-corrected chi connectivity index (χ3v) is 3.70. The van der Waals surface area contributed by atoms with Crippen molar-refractivity contribution < 1.29 is 19.0 Å². The van der Waals surface area contributed by atoms with Gasteiger partial charge in [0.05, 0.1) is 32.3 Å². The van der Waals surface area contributed by atoms with E-state index in [1.807, 2.05) is 0 Å². The molecule has 1 aromatic carbocycles. The first-order valence-corrected chi connectivity index (χ1v) is 6.20. The summed E-state index contributed by atoms with van der Waals surface area (Å²) in [6, 6.07) is 5.37. The molecule has 4 heteroatoms. The van der Waals surface area contributed by atoms with E-state index in [-0.39, 0.29) is 11.4 Å². The van der Waals surface area contributed by atoms with Gasteiger partial charge in [0.25, 0.3) is 0 Å². The van der Waals surface area contributed by atoms with Crippen LogP contribution in [0.5, 0.6) is 11.5 Å². The lowest BCUT2D eigenvalue weighted by Crippen LogP contribution is -2.46. The number of fused-ring (bicyclic) bond motifs is 1. The van der Waals surface area contributed by atoms with Gasteiger partial charge in [0.2, 0.25) is 0 Å². The predicted octanol–water partition coefficient (Wildman–Crippen LogP) is 2.21. The molecule has 3 rings (SSSR count). The molecule has 1 fully saturated rings. The Morgan fingerprint density at radius 2 is 2.06 bits per heavy atom. The standard InChI is InChI=1S/C14H16O4/c1-16-10-2-3-11-12(15)9-14(18-13(11)8-10)4-6-17-7-5-14/h2-3,8H,4-7,9H2,1H3. The van der Waals surface area contributed by atoms with Crippen LogP contribution in [0.4, 0.5) is 0 Å². The number of benzene rings is 1. The molecule has 1 aromatic rings. The molecule has 18 heavy (non-hydrogen) atoms. The summed E-state index contributed by atoms with van der Waals surface area (Å²) in [5.74, 6) is 1.51. The number of Topliss-reactive ketones (excluding diaryl/α,β-unsaturated/α-hetero) is 1. The predicted molar refractivity (Wildman–Crippen MR) is 65.4 cm³/mol. The third kappa shape index (κ3) is 1.86. The average Bonchev–Trinajstić information content (AvgIpc) is 2.38. The summed E-state index contributed by atoms with van der Waals surface area (Å²) in [4.78, 5) is 12.2. The Labute approximate surface area is 106 Å². The van der Waals surface area contributed by atoms with Crippen LogP contribution in [0.15, 0.2) is 18.2 Å². The third-order valence-electron chi connectivity index (χ3n) is 3.70. The summed E-state index contributed by atoms with van der Waals surface area (Å²) in [5, 5.41) is 0. The lowest BCUT2D eigenvalue weighted by molar-refractivity contribution is -0.0505. The normalized spacial score (nSPS) is 21.3. The molecule has 2 heterocycles. The Morgan fingerprint density at radius 1 is 1.28 bits per heavy atom. The molecule has 1 spiro atoms. The highest BCUT2D eigenvalue weighted by atomic mass is 16.5. The molecular formula is C14H16O4. The van der Waals surface area contributed by atoms with Gasteiger partial charge in [-0.2, -0.15) is 0 Å². The highest BCUT2D eigenvalue weighted by molar-refractivity contribution is 6.00. The first-order chi connectivity index (χ1) is 8.72. The molecule has 0 atom stereocenters. The first-order valence-electron chi connectivity index (χ1n) is 6.20. The highest BCUT2D eigenvalue weighted by Gasteiger charge is 2.41. The maximum absolute atomic E-state index is 12.2. The van der Waals surface area contributed by atoms with Crippen LogP contribution in [0.2, 0.25) is 0 Å². The topological polar surface area (TPSA) is 44.8 Å². The molecule has 0 aromatic heterocycles. The van der Waals surface area contributed by atoms with Crippen LogP contribution in [-0.4, -0.2) is 31.7 Å². The van der Waals surface area contributed by atoms with Crippen LogP contribution < -0.4 is 9.47 Å². The summed E-state index contributed by atoms with van der Waals surface area (Å²) in [6.45, 7) is 1.32. The smallest absolute Gasteiger partial charge is 0.170 e. The van der Waals surface area contributed by atoms with Gasteiger partial charge in [0.1, 0.15) is 17.1 Å². The summed E-state index contributed by atoms with van der Waals surface area (Å²) < 4.78 is 16.6. The van der Waals surface area contributed by atoms with E-state index >= 15 is 0 Å². The van der Waals surface area contributed by atoms with E-state index in [1.165, 1.54) is 0 Å². The Hall–Kier alpha value is -1.55. The lowest BCUT2D eigenvalue weighted by Gasteiger charge is -2.40. The number of ketones is 1. The van der Waals surface area contributed by atoms with Gasteiger partial charge in [-0.15, -0.1) is 0 Å². The molecule has 2 aliphatic rings. The van der Waals surface area contributed by atoms with Crippen molar-refractivity contribution in [3.63, 3.8) is 0 Å². The van der Waals surface area contributed by atoms with E-state index in [2.05, 4.69) is 0 Å². The fraction of sp³-hybridized carbons (Fsp3) is 0.500. The molecule has 1 saturated heterocycles. The van der Waals surface area contributed by atoms with Crippen molar-refractivity contribution in [2.45, 2.75) is 24.9 Å². The zero-order valence-electron chi connectivity index (χ0n) is 10.4. The minimum Gasteiger partial charge on any atom is -0.497 e. The minimum absolute atomic E-state index is 0.154. The number of rotatable bonds is 1. The zero-order chi connectivity index (χ0) is 12.6. The van der Waals surface area contributed by atoms with Crippen LogP contribution >= 0.6 is 0 Å².